The Morgan fingerprint density at radius 2 is 1.89 bits per heavy atom. The van der Waals surface area contributed by atoms with E-state index in [0.29, 0.717) is 11.3 Å². The van der Waals surface area contributed by atoms with E-state index in [2.05, 4.69) is 5.32 Å². The van der Waals surface area contributed by atoms with E-state index in [9.17, 15) is 13.2 Å². The van der Waals surface area contributed by atoms with E-state index in [1.165, 1.54) is 6.26 Å². The number of nitrogens with one attached hydrogen (secondary N) is 1. The average Bonchev–Trinajstić information content (AvgIpc) is 2.83. The van der Waals surface area contributed by atoms with Gasteiger partial charge < -0.3 is 9.73 Å². The number of nitrogens with two attached hydrogens (primary N) is 1. The predicted octanol–water partition coefficient (Wildman–Crippen LogP) is 1.32. The van der Waals surface area contributed by atoms with E-state index in [0.717, 1.165) is 0 Å². The Kier molecular flexibility index (Phi) is 3.68. The number of carbonyl (C=O) groups is 1. The monoisotopic (exact) mass is 280 g/mol. The molecule has 0 radical (unpaired) electrons. The Morgan fingerprint density at radius 3 is 2.42 bits per heavy atom. The quantitative estimate of drug-likeness (QED) is 0.881. The standard InChI is InChI=1S/C12H12N2O4S/c13-19(16,17)8-9-3-5-10(6-4-9)14-12(15)11-2-1-7-18-11/h1-7H,8H2,(H,14,15)(H2,13,16,17). The molecule has 0 saturated heterocycles. The van der Waals surface area contributed by atoms with Crippen molar-refractivity contribution in [3.8, 4) is 0 Å². The van der Waals surface area contributed by atoms with Gasteiger partial charge >= 0.3 is 0 Å². The average molecular weight is 280 g/mol. The summed E-state index contributed by atoms with van der Waals surface area (Å²) in [6, 6.07) is 9.53. The molecule has 1 amide bonds. The minimum Gasteiger partial charge on any atom is -0.459 e. The normalized spacial score (nSPS) is 11.2. The van der Waals surface area contributed by atoms with Crippen molar-refractivity contribution >= 4 is 21.6 Å². The molecule has 19 heavy (non-hydrogen) atoms. The zero-order valence-corrected chi connectivity index (χ0v) is 10.7. The first-order valence-electron chi connectivity index (χ1n) is 5.38. The minimum atomic E-state index is -3.55. The zero-order chi connectivity index (χ0) is 13.9. The molecule has 1 aromatic heterocycles. The van der Waals surface area contributed by atoms with Crippen LogP contribution in [0.15, 0.2) is 47.1 Å². The van der Waals surface area contributed by atoms with Gasteiger partial charge in [0.1, 0.15) is 0 Å². The first kappa shape index (κ1) is 13.3. The number of primary sulfonamides is 1. The molecule has 0 aliphatic heterocycles. The summed E-state index contributed by atoms with van der Waals surface area (Å²) >= 11 is 0. The highest BCUT2D eigenvalue weighted by Gasteiger charge is 2.09. The lowest BCUT2D eigenvalue weighted by atomic mass is 10.2. The third-order valence-electron chi connectivity index (χ3n) is 2.32. The molecule has 0 unspecified atom stereocenters. The van der Waals surface area contributed by atoms with Crippen LogP contribution in [0.3, 0.4) is 0 Å². The first-order chi connectivity index (χ1) is 8.94. The highest BCUT2D eigenvalue weighted by Crippen LogP contribution is 2.13. The fourth-order valence-electron chi connectivity index (χ4n) is 1.52. The summed E-state index contributed by atoms with van der Waals surface area (Å²) in [6.07, 6.45) is 1.41. The molecule has 0 fully saturated rings. The van der Waals surface area contributed by atoms with Gasteiger partial charge in [0.2, 0.25) is 10.0 Å². The highest BCUT2D eigenvalue weighted by atomic mass is 32.2. The van der Waals surface area contributed by atoms with E-state index in [1.807, 2.05) is 0 Å². The van der Waals surface area contributed by atoms with Crippen molar-refractivity contribution in [2.75, 3.05) is 5.32 Å². The van der Waals surface area contributed by atoms with Crippen molar-refractivity contribution in [2.45, 2.75) is 5.75 Å². The van der Waals surface area contributed by atoms with Crippen LogP contribution in [0.2, 0.25) is 0 Å². The van der Waals surface area contributed by atoms with Gasteiger partial charge in [0.05, 0.1) is 12.0 Å². The molecule has 3 N–H and O–H groups in total. The Hall–Kier alpha value is -2.12. The van der Waals surface area contributed by atoms with Crippen LogP contribution in [0.5, 0.6) is 0 Å². The Bertz CT molecular complexity index is 660. The Balaban J connectivity index is 2.05. The van der Waals surface area contributed by atoms with Crippen molar-refractivity contribution in [3.05, 3.63) is 54.0 Å². The number of benzene rings is 1. The van der Waals surface area contributed by atoms with Gasteiger partial charge in [-0.2, -0.15) is 0 Å². The predicted molar refractivity (Wildman–Crippen MR) is 69.9 cm³/mol. The van der Waals surface area contributed by atoms with Crippen LogP contribution in [0, 0.1) is 0 Å². The molecule has 0 aliphatic carbocycles. The number of rotatable bonds is 4. The van der Waals surface area contributed by atoms with Crippen LogP contribution in [0.25, 0.3) is 0 Å². The molecule has 100 valence electrons. The summed E-state index contributed by atoms with van der Waals surface area (Å²) in [7, 11) is -3.55. The molecule has 2 aromatic rings. The van der Waals surface area contributed by atoms with Crippen molar-refractivity contribution in [1.82, 2.24) is 0 Å². The number of sulfonamides is 1. The summed E-state index contributed by atoms with van der Waals surface area (Å²) in [6.45, 7) is 0. The lowest BCUT2D eigenvalue weighted by Crippen LogP contribution is -2.14. The second kappa shape index (κ2) is 5.25. The van der Waals surface area contributed by atoms with Gasteiger partial charge in [-0.15, -0.1) is 0 Å². The van der Waals surface area contributed by atoms with E-state index in [4.69, 9.17) is 9.56 Å². The minimum absolute atomic E-state index is 0.202. The van der Waals surface area contributed by atoms with Gasteiger partial charge in [0, 0.05) is 5.69 Å². The lowest BCUT2D eigenvalue weighted by molar-refractivity contribution is 0.0996. The molecule has 0 spiro atoms. The van der Waals surface area contributed by atoms with Crippen molar-refractivity contribution in [3.63, 3.8) is 0 Å². The van der Waals surface area contributed by atoms with Gasteiger partial charge in [0.25, 0.3) is 5.91 Å². The van der Waals surface area contributed by atoms with Gasteiger partial charge in [-0.3, -0.25) is 4.79 Å². The van der Waals surface area contributed by atoms with E-state index < -0.39 is 10.0 Å². The lowest BCUT2D eigenvalue weighted by Gasteiger charge is -2.04. The van der Waals surface area contributed by atoms with Gasteiger partial charge in [-0.05, 0) is 29.8 Å². The largest absolute Gasteiger partial charge is 0.459 e. The zero-order valence-electron chi connectivity index (χ0n) is 9.87. The molecule has 2 rings (SSSR count). The maximum Gasteiger partial charge on any atom is 0.291 e. The molecular formula is C12H12N2O4S. The van der Waals surface area contributed by atoms with E-state index >= 15 is 0 Å². The van der Waals surface area contributed by atoms with Crippen LogP contribution < -0.4 is 10.5 Å². The van der Waals surface area contributed by atoms with Crippen LogP contribution >= 0.6 is 0 Å². The number of anilines is 1. The number of hydrogen-bond acceptors (Lipinski definition) is 4. The molecule has 0 saturated carbocycles. The van der Waals surface area contributed by atoms with E-state index in [-0.39, 0.29) is 17.4 Å². The molecule has 0 bridgehead atoms. The number of hydrogen-bond donors (Lipinski definition) is 2. The summed E-state index contributed by atoms with van der Waals surface area (Å²) in [4.78, 5) is 11.7. The summed E-state index contributed by atoms with van der Waals surface area (Å²) < 4.78 is 26.8. The van der Waals surface area contributed by atoms with Crippen LogP contribution in [-0.2, 0) is 15.8 Å². The maximum atomic E-state index is 11.7. The van der Waals surface area contributed by atoms with Crippen LogP contribution in [0.4, 0.5) is 5.69 Å². The molecule has 6 nitrogen and oxygen atoms in total. The topological polar surface area (TPSA) is 102 Å². The van der Waals surface area contributed by atoms with Crippen LogP contribution in [0.1, 0.15) is 16.1 Å². The number of carbonyl (C=O) groups excluding carboxylic acids is 1. The SMILES string of the molecule is NS(=O)(=O)Cc1ccc(NC(=O)c2ccco2)cc1. The second-order valence-corrected chi connectivity index (χ2v) is 5.55. The number of amides is 1. The highest BCUT2D eigenvalue weighted by molar-refractivity contribution is 7.88. The summed E-state index contributed by atoms with van der Waals surface area (Å²) in [5.74, 6) is -0.405. The molecule has 1 aromatic carbocycles. The second-order valence-electron chi connectivity index (χ2n) is 3.94. The smallest absolute Gasteiger partial charge is 0.291 e. The molecule has 1 heterocycles. The Morgan fingerprint density at radius 1 is 1.21 bits per heavy atom. The van der Waals surface area contributed by atoms with Crippen LogP contribution in [-0.4, -0.2) is 14.3 Å². The van der Waals surface area contributed by atoms with Crippen molar-refractivity contribution < 1.29 is 17.6 Å². The Labute approximate surface area is 110 Å². The van der Waals surface area contributed by atoms with Gasteiger partial charge in [0.15, 0.2) is 5.76 Å². The first-order valence-corrected chi connectivity index (χ1v) is 7.10. The molecular weight excluding hydrogens is 268 g/mol. The third-order valence-corrected chi connectivity index (χ3v) is 3.06. The van der Waals surface area contributed by atoms with E-state index in [1.54, 1.807) is 36.4 Å². The van der Waals surface area contributed by atoms with Crippen molar-refractivity contribution in [2.24, 2.45) is 5.14 Å². The third kappa shape index (κ3) is 3.94. The maximum absolute atomic E-state index is 11.7. The fraction of sp³-hybridized carbons (Fsp3) is 0.0833. The number of furan rings is 1. The van der Waals surface area contributed by atoms with Crippen molar-refractivity contribution in [1.29, 1.82) is 0 Å². The molecule has 0 atom stereocenters. The molecule has 7 heteroatoms. The summed E-state index contributed by atoms with van der Waals surface area (Å²) in [5.41, 5.74) is 1.10. The van der Waals surface area contributed by atoms with Gasteiger partial charge in [-0.25, -0.2) is 13.6 Å². The molecule has 0 aliphatic rings. The van der Waals surface area contributed by atoms with Gasteiger partial charge in [-0.1, -0.05) is 12.1 Å². The summed E-state index contributed by atoms with van der Waals surface area (Å²) in [5, 5.41) is 7.56. The fourth-order valence-corrected chi connectivity index (χ4v) is 2.17.